The molecule has 5 nitrogen and oxygen atoms in total. The summed E-state index contributed by atoms with van der Waals surface area (Å²) < 4.78 is 3.78. The van der Waals surface area contributed by atoms with Crippen LogP contribution in [0.15, 0.2) is 60.7 Å². The molecule has 0 fully saturated rings. The Labute approximate surface area is 139 Å². The number of aromatic nitrogens is 4. The van der Waals surface area contributed by atoms with E-state index in [1.54, 1.807) is 0 Å². The third kappa shape index (κ3) is 2.13. The lowest BCUT2D eigenvalue weighted by Crippen LogP contribution is -2.22. The summed E-state index contributed by atoms with van der Waals surface area (Å²) in [5.74, 6) is 1.58. The van der Waals surface area contributed by atoms with Gasteiger partial charge in [0, 0.05) is 18.3 Å². The highest BCUT2D eigenvalue weighted by molar-refractivity contribution is 5.74. The van der Waals surface area contributed by atoms with Gasteiger partial charge in [-0.3, -0.25) is 9.98 Å². The van der Waals surface area contributed by atoms with Crippen LogP contribution in [0.4, 0.5) is 0 Å². The van der Waals surface area contributed by atoms with Crippen molar-refractivity contribution in [2.75, 3.05) is 0 Å². The van der Waals surface area contributed by atoms with Crippen molar-refractivity contribution in [1.82, 2.24) is 19.1 Å². The van der Waals surface area contributed by atoms with Crippen LogP contribution in [0.25, 0.3) is 28.2 Å². The number of rotatable bonds is 2. The first-order valence-corrected chi connectivity index (χ1v) is 7.78. The van der Waals surface area contributed by atoms with E-state index in [-0.39, 0.29) is 0 Å². The van der Waals surface area contributed by atoms with Gasteiger partial charge in [-0.15, -0.1) is 0 Å². The normalized spacial score (nSPS) is 11.1. The molecule has 0 aliphatic heterocycles. The van der Waals surface area contributed by atoms with Crippen LogP contribution in [0, 0.1) is 12.3 Å². The van der Waals surface area contributed by atoms with Gasteiger partial charge in [-0.25, -0.2) is 9.97 Å². The van der Waals surface area contributed by atoms with Crippen molar-refractivity contribution in [3.63, 3.8) is 0 Å². The van der Waals surface area contributed by atoms with E-state index in [1.807, 2.05) is 83.8 Å². The number of aryl methyl sites for hydroxylation is 2. The van der Waals surface area contributed by atoms with E-state index >= 15 is 0 Å². The smallest absolute Gasteiger partial charge is 0.166 e. The van der Waals surface area contributed by atoms with E-state index in [1.165, 1.54) is 0 Å². The van der Waals surface area contributed by atoms with Crippen molar-refractivity contribution in [2.24, 2.45) is 7.05 Å². The molecule has 24 heavy (non-hydrogen) atoms. The van der Waals surface area contributed by atoms with Crippen molar-refractivity contribution < 1.29 is 0 Å². The molecule has 0 aliphatic carbocycles. The molecule has 4 rings (SSSR count). The average Bonchev–Trinajstić information content (AvgIpc) is 2.92. The molecule has 2 aromatic carbocycles. The summed E-state index contributed by atoms with van der Waals surface area (Å²) in [7, 11) is 1.93. The van der Waals surface area contributed by atoms with E-state index in [2.05, 4.69) is 4.98 Å². The van der Waals surface area contributed by atoms with Crippen LogP contribution in [0.2, 0.25) is 0 Å². The fraction of sp³-hybridized carbons (Fsp3) is 0.105. The highest BCUT2D eigenvalue weighted by Gasteiger charge is 2.16. The molecule has 0 amide bonds. The second kappa shape index (κ2) is 5.45. The number of hydrogen-bond donors (Lipinski definition) is 1. The number of imidazole rings is 1. The number of hydrogen-bond acceptors (Lipinski definition) is 3. The summed E-state index contributed by atoms with van der Waals surface area (Å²) in [6.45, 7) is 1.93. The molecule has 0 saturated carbocycles. The first-order chi connectivity index (χ1) is 11.7. The number of nitrogens with one attached hydrogen (secondary N) is 1. The monoisotopic (exact) mass is 315 g/mol. The quantitative estimate of drug-likeness (QED) is 0.617. The lowest BCUT2D eigenvalue weighted by Gasteiger charge is -2.14. The molecule has 0 atom stereocenters. The van der Waals surface area contributed by atoms with Crippen molar-refractivity contribution in [3.8, 4) is 17.1 Å². The summed E-state index contributed by atoms with van der Waals surface area (Å²) in [5.41, 5.74) is 3.55. The van der Waals surface area contributed by atoms with Crippen molar-refractivity contribution >= 4 is 11.2 Å². The van der Waals surface area contributed by atoms with Crippen molar-refractivity contribution in [3.05, 3.63) is 72.0 Å². The zero-order chi connectivity index (χ0) is 16.7. The molecule has 0 saturated heterocycles. The van der Waals surface area contributed by atoms with Gasteiger partial charge in [0.25, 0.3) is 0 Å². The minimum atomic E-state index is 0.341. The van der Waals surface area contributed by atoms with Gasteiger partial charge in [-0.1, -0.05) is 48.5 Å². The Morgan fingerprint density at radius 2 is 1.50 bits per heavy atom. The third-order valence-electron chi connectivity index (χ3n) is 4.21. The second-order valence-electron chi connectivity index (χ2n) is 5.71. The highest BCUT2D eigenvalue weighted by atomic mass is 15.2. The standard InChI is InChI=1S/C19H17N5/c1-13-21-16-17(20)24(15-11-7-4-8-12-15)18(22-19(16)23(13)2)14-9-5-3-6-10-14/h3-12,20H,1-2H3. The molecule has 2 aromatic heterocycles. The topological polar surface area (TPSA) is 59.5 Å². The summed E-state index contributed by atoms with van der Waals surface area (Å²) in [6, 6.07) is 19.8. The molecule has 0 aliphatic rings. The Hall–Kier alpha value is -3.21. The minimum Gasteiger partial charge on any atom is -0.316 e. The molecule has 5 heteroatoms. The molecule has 0 unspecified atom stereocenters. The first-order valence-electron chi connectivity index (χ1n) is 7.78. The first kappa shape index (κ1) is 14.4. The van der Waals surface area contributed by atoms with Crippen LogP contribution in [0.3, 0.4) is 0 Å². The Balaban J connectivity index is 2.16. The lowest BCUT2D eigenvalue weighted by molar-refractivity contribution is 0.866. The molecule has 4 aromatic rings. The summed E-state index contributed by atoms with van der Waals surface area (Å²) in [5, 5.41) is 8.72. The fourth-order valence-corrected chi connectivity index (χ4v) is 2.86. The molecule has 0 bridgehead atoms. The molecular formula is C19H17N5. The van der Waals surface area contributed by atoms with E-state index in [0.717, 1.165) is 28.5 Å². The van der Waals surface area contributed by atoms with E-state index in [4.69, 9.17) is 10.4 Å². The molecule has 1 N–H and O–H groups in total. The highest BCUT2D eigenvalue weighted by Crippen LogP contribution is 2.21. The third-order valence-corrected chi connectivity index (χ3v) is 4.21. The summed E-state index contributed by atoms with van der Waals surface area (Å²) in [6.07, 6.45) is 0. The number of nitrogens with zero attached hydrogens (tertiary/aromatic N) is 4. The Morgan fingerprint density at radius 1 is 0.875 bits per heavy atom. The Kier molecular flexibility index (Phi) is 3.27. The van der Waals surface area contributed by atoms with E-state index < -0.39 is 0 Å². The number of benzene rings is 2. The average molecular weight is 315 g/mol. The van der Waals surface area contributed by atoms with Gasteiger partial charge in [0.05, 0.1) is 0 Å². The predicted molar refractivity (Wildman–Crippen MR) is 93.9 cm³/mol. The molecule has 118 valence electrons. The molecular weight excluding hydrogens is 298 g/mol. The van der Waals surface area contributed by atoms with Gasteiger partial charge >= 0.3 is 0 Å². The number of para-hydroxylation sites is 1. The van der Waals surface area contributed by atoms with E-state index in [0.29, 0.717) is 11.0 Å². The second-order valence-corrected chi connectivity index (χ2v) is 5.71. The Morgan fingerprint density at radius 3 is 2.17 bits per heavy atom. The van der Waals surface area contributed by atoms with Crippen LogP contribution in [0.1, 0.15) is 5.82 Å². The van der Waals surface area contributed by atoms with Crippen LogP contribution in [0.5, 0.6) is 0 Å². The van der Waals surface area contributed by atoms with Gasteiger partial charge in [0.15, 0.2) is 16.7 Å². The van der Waals surface area contributed by atoms with Gasteiger partial charge in [-0.2, -0.15) is 0 Å². The predicted octanol–water partition coefficient (Wildman–Crippen LogP) is 3.21. The minimum absolute atomic E-state index is 0.341. The van der Waals surface area contributed by atoms with Crippen LogP contribution in [-0.2, 0) is 7.05 Å². The molecule has 0 spiro atoms. The zero-order valence-electron chi connectivity index (χ0n) is 13.6. The fourth-order valence-electron chi connectivity index (χ4n) is 2.86. The van der Waals surface area contributed by atoms with Gasteiger partial charge in [0.1, 0.15) is 11.6 Å². The summed E-state index contributed by atoms with van der Waals surface area (Å²) in [4.78, 5) is 9.37. The van der Waals surface area contributed by atoms with Gasteiger partial charge in [0.2, 0.25) is 0 Å². The molecule has 2 heterocycles. The summed E-state index contributed by atoms with van der Waals surface area (Å²) >= 11 is 0. The maximum atomic E-state index is 8.72. The van der Waals surface area contributed by atoms with Gasteiger partial charge < -0.3 is 4.57 Å². The van der Waals surface area contributed by atoms with Crippen LogP contribution >= 0.6 is 0 Å². The van der Waals surface area contributed by atoms with Crippen molar-refractivity contribution in [1.29, 1.82) is 5.41 Å². The largest absolute Gasteiger partial charge is 0.316 e. The number of fused-ring (bicyclic) bond motifs is 1. The van der Waals surface area contributed by atoms with Crippen molar-refractivity contribution in [2.45, 2.75) is 6.92 Å². The molecule has 0 radical (unpaired) electrons. The van der Waals surface area contributed by atoms with Gasteiger partial charge in [-0.05, 0) is 19.1 Å². The SMILES string of the molecule is Cc1nc2c(=N)n(-c3ccccc3)c(-c3ccccc3)nc2n1C. The van der Waals surface area contributed by atoms with Crippen LogP contribution < -0.4 is 5.49 Å². The zero-order valence-corrected chi connectivity index (χ0v) is 13.6. The Bertz CT molecular complexity index is 1080. The maximum Gasteiger partial charge on any atom is 0.166 e. The van der Waals surface area contributed by atoms with E-state index in [9.17, 15) is 0 Å². The maximum absolute atomic E-state index is 8.72. The lowest BCUT2D eigenvalue weighted by atomic mass is 10.2. The van der Waals surface area contributed by atoms with Crippen LogP contribution in [-0.4, -0.2) is 19.1 Å².